The first-order valence-electron chi connectivity index (χ1n) is 7.69. The number of thiazole rings is 1. The summed E-state index contributed by atoms with van der Waals surface area (Å²) in [4.78, 5) is 16.9. The van der Waals surface area contributed by atoms with E-state index in [1.165, 1.54) is 0 Å². The maximum absolute atomic E-state index is 12.4. The van der Waals surface area contributed by atoms with E-state index in [0.29, 0.717) is 24.0 Å². The number of aromatic nitrogens is 1. The van der Waals surface area contributed by atoms with Crippen molar-refractivity contribution < 1.29 is 14.3 Å². The monoisotopic (exact) mass is 332 g/mol. The normalized spacial score (nSPS) is 19.7. The molecule has 0 fully saturated rings. The van der Waals surface area contributed by atoms with Crippen LogP contribution >= 0.6 is 11.3 Å². The molecule has 3 rings (SSSR count). The van der Waals surface area contributed by atoms with Gasteiger partial charge in [0.05, 0.1) is 17.2 Å². The molecule has 2 aromatic rings. The van der Waals surface area contributed by atoms with E-state index in [9.17, 15) is 4.79 Å². The fourth-order valence-corrected chi connectivity index (χ4v) is 3.19. The summed E-state index contributed by atoms with van der Waals surface area (Å²) in [6.07, 6.45) is -1.00. The van der Waals surface area contributed by atoms with E-state index in [1.54, 1.807) is 17.4 Å². The third-order valence-corrected chi connectivity index (χ3v) is 4.80. The lowest BCUT2D eigenvalue weighted by Crippen LogP contribution is -2.48. The molecule has 1 aliphatic rings. The van der Waals surface area contributed by atoms with Gasteiger partial charge in [-0.1, -0.05) is 26.0 Å². The molecule has 0 radical (unpaired) electrons. The van der Waals surface area contributed by atoms with E-state index in [0.717, 1.165) is 10.7 Å². The van der Waals surface area contributed by atoms with Gasteiger partial charge in [0.1, 0.15) is 6.10 Å². The predicted molar refractivity (Wildman–Crippen MR) is 89.0 cm³/mol. The molecule has 122 valence electrons. The summed E-state index contributed by atoms with van der Waals surface area (Å²) < 4.78 is 11.5. The number of amides is 1. The second-order valence-corrected chi connectivity index (χ2v) is 6.75. The van der Waals surface area contributed by atoms with Crippen LogP contribution in [0.2, 0.25) is 0 Å². The highest BCUT2D eigenvalue weighted by Crippen LogP contribution is 2.33. The van der Waals surface area contributed by atoms with Gasteiger partial charge in [0.15, 0.2) is 11.5 Å². The Kier molecular flexibility index (Phi) is 4.52. The average Bonchev–Trinajstić information content (AvgIpc) is 3.01. The van der Waals surface area contributed by atoms with Gasteiger partial charge < -0.3 is 14.8 Å². The highest BCUT2D eigenvalue weighted by molar-refractivity contribution is 7.09. The zero-order valence-corrected chi connectivity index (χ0v) is 14.2. The quantitative estimate of drug-likeness (QED) is 0.934. The first-order valence-corrected chi connectivity index (χ1v) is 8.57. The Balaban J connectivity index is 1.62. The van der Waals surface area contributed by atoms with Crippen molar-refractivity contribution in [2.75, 3.05) is 0 Å². The zero-order valence-electron chi connectivity index (χ0n) is 13.4. The summed E-state index contributed by atoms with van der Waals surface area (Å²) in [6.45, 7) is 6.44. The molecular weight excluding hydrogens is 312 g/mol. The molecule has 1 aliphatic heterocycles. The van der Waals surface area contributed by atoms with Gasteiger partial charge in [-0.2, -0.15) is 0 Å². The number of nitrogens with one attached hydrogen (secondary N) is 1. The lowest BCUT2D eigenvalue weighted by atomic mass is 10.1. The molecule has 1 aromatic heterocycles. The van der Waals surface area contributed by atoms with Gasteiger partial charge in [-0.15, -0.1) is 11.3 Å². The smallest absolute Gasteiger partial charge is 0.265 e. The molecular formula is C17H20N2O3S. The maximum Gasteiger partial charge on any atom is 0.265 e. The highest BCUT2D eigenvalue weighted by atomic mass is 32.1. The van der Waals surface area contributed by atoms with Gasteiger partial charge in [0.25, 0.3) is 5.91 Å². The van der Waals surface area contributed by atoms with Crippen LogP contribution < -0.4 is 14.8 Å². The van der Waals surface area contributed by atoms with Crippen molar-refractivity contribution in [1.29, 1.82) is 0 Å². The van der Waals surface area contributed by atoms with Crippen LogP contribution in [0.3, 0.4) is 0 Å². The second kappa shape index (κ2) is 6.58. The maximum atomic E-state index is 12.4. The highest BCUT2D eigenvalue weighted by Gasteiger charge is 2.33. The Morgan fingerprint density at radius 2 is 2.00 bits per heavy atom. The van der Waals surface area contributed by atoms with E-state index in [4.69, 9.17) is 9.47 Å². The molecule has 0 saturated carbocycles. The number of carbonyl (C=O) groups is 1. The first kappa shape index (κ1) is 15.8. The molecule has 23 heavy (non-hydrogen) atoms. The predicted octanol–water partition coefficient (Wildman–Crippen LogP) is 3.11. The number of ether oxygens (including phenoxy) is 2. The van der Waals surface area contributed by atoms with Crippen molar-refractivity contribution in [1.82, 2.24) is 10.3 Å². The average molecular weight is 332 g/mol. The fraction of sp³-hybridized carbons (Fsp3) is 0.412. The van der Waals surface area contributed by atoms with Crippen molar-refractivity contribution in [2.24, 2.45) is 0 Å². The molecule has 2 heterocycles. The Morgan fingerprint density at radius 3 is 2.65 bits per heavy atom. The van der Waals surface area contributed by atoms with Crippen LogP contribution in [0.4, 0.5) is 0 Å². The SMILES string of the molecule is CC(C)c1nc(CNC(=O)[C@H]2Oc3ccccc3O[C@H]2C)cs1. The van der Waals surface area contributed by atoms with E-state index in [2.05, 4.69) is 24.1 Å². The number of benzene rings is 1. The summed E-state index contributed by atoms with van der Waals surface area (Å²) in [5, 5.41) is 5.94. The minimum atomic E-state index is -0.659. The topological polar surface area (TPSA) is 60.5 Å². The van der Waals surface area contributed by atoms with Crippen LogP contribution in [-0.2, 0) is 11.3 Å². The fourth-order valence-electron chi connectivity index (χ4n) is 2.35. The summed E-state index contributed by atoms with van der Waals surface area (Å²) in [7, 11) is 0. The number of nitrogens with zero attached hydrogens (tertiary/aromatic N) is 1. The molecule has 1 aromatic carbocycles. The number of carbonyl (C=O) groups excluding carboxylic acids is 1. The molecule has 0 spiro atoms. The van der Waals surface area contributed by atoms with Crippen molar-refractivity contribution >= 4 is 17.2 Å². The molecule has 6 heteroatoms. The zero-order chi connectivity index (χ0) is 16.4. The molecule has 5 nitrogen and oxygen atoms in total. The van der Waals surface area contributed by atoms with Gasteiger partial charge >= 0.3 is 0 Å². The third-order valence-electron chi connectivity index (χ3n) is 3.61. The lowest BCUT2D eigenvalue weighted by molar-refractivity contribution is -0.133. The minimum absolute atomic E-state index is 0.189. The van der Waals surface area contributed by atoms with E-state index >= 15 is 0 Å². The van der Waals surface area contributed by atoms with Crippen LogP contribution in [0, 0.1) is 0 Å². The molecule has 1 amide bonds. The molecule has 2 atom stereocenters. The molecule has 0 saturated heterocycles. The first-order chi connectivity index (χ1) is 11.0. The number of hydrogen-bond acceptors (Lipinski definition) is 5. The third kappa shape index (κ3) is 3.47. The van der Waals surface area contributed by atoms with Crippen molar-refractivity contribution in [3.63, 3.8) is 0 Å². The Labute approximate surface area is 139 Å². The Hall–Kier alpha value is -2.08. The van der Waals surface area contributed by atoms with E-state index in [1.807, 2.05) is 30.5 Å². The van der Waals surface area contributed by atoms with Gasteiger partial charge in [0, 0.05) is 11.3 Å². The second-order valence-electron chi connectivity index (χ2n) is 5.86. The number of para-hydroxylation sites is 2. The van der Waals surface area contributed by atoms with Gasteiger partial charge in [-0.05, 0) is 19.1 Å². The van der Waals surface area contributed by atoms with Crippen LogP contribution in [0.15, 0.2) is 29.6 Å². The van der Waals surface area contributed by atoms with Crippen molar-refractivity contribution in [3.05, 3.63) is 40.3 Å². The standard InChI is InChI=1S/C17H20N2O3S/c1-10(2)17-19-12(9-23-17)8-18-16(20)15-11(3)21-13-6-4-5-7-14(13)22-15/h4-7,9-11,15H,8H2,1-3H3,(H,18,20)/t11-,15-/m0/s1. The van der Waals surface area contributed by atoms with Crippen LogP contribution in [0.1, 0.15) is 37.4 Å². The summed E-state index contributed by atoms with van der Waals surface area (Å²) in [5.74, 6) is 1.48. The van der Waals surface area contributed by atoms with E-state index in [-0.39, 0.29) is 12.0 Å². The molecule has 0 unspecified atom stereocenters. The number of rotatable bonds is 4. The largest absolute Gasteiger partial charge is 0.482 e. The Bertz CT molecular complexity index is 699. The van der Waals surface area contributed by atoms with Crippen LogP contribution in [0.25, 0.3) is 0 Å². The molecule has 0 aliphatic carbocycles. The lowest BCUT2D eigenvalue weighted by Gasteiger charge is -2.30. The van der Waals surface area contributed by atoms with Gasteiger partial charge in [-0.25, -0.2) is 4.98 Å². The summed E-state index contributed by atoms with van der Waals surface area (Å²) >= 11 is 1.62. The minimum Gasteiger partial charge on any atom is -0.482 e. The van der Waals surface area contributed by atoms with Crippen LogP contribution in [-0.4, -0.2) is 23.1 Å². The van der Waals surface area contributed by atoms with Gasteiger partial charge in [0.2, 0.25) is 6.10 Å². The molecule has 1 N–H and O–H groups in total. The van der Waals surface area contributed by atoms with E-state index < -0.39 is 6.10 Å². The molecule has 0 bridgehead atoms. The van der Waals surface area contributed by atoms with Crippen LogP contribution in [0.5, 0.6) is 11.5 Å². The number of fused-ring (bicyclic) bond motifs is 1. The van der Waals surface area contributed by atoms with Crippen molar-refractivity contribution in [2.45, 2.75) is 45.4 Å². The van der Waals surface area contributed by atoms with Crippen molar-refractivity contribution in [3.8, 4) is 11.5 Å². The summed E-state index contributed by atoms with van der Waals surface area (Å²) in [5.41, 5.74) is 0.872. The Morgan fingerprint density at radius 1 is 1.30 bits per heavy atom. The summed E-state index contributed by atoms with van der Waals surface area (Å²) in [6, 6.07) is 7.37. The van der Waals surface area contributed by atoms with Gasteiger partial charge in [-0.3, -0.25) is 4.79 Å². The number of hydrogen-bond donors (Lipinski definition) is 1.